The monoisotopic (exact) mass is 494 g/mol. The van der Waals surface area contributed by atoms with Crippen molar-refractivity contribution in [1.29, 1.82) is 0 Å². The molecule has 5 nitrogen and oxygen atoms in total. The topological polar surface area (TPSA) is 64.1 Å². The van der Waals surface area contributed by atoms with Crippen LogP contribution in [0.2, 0.25) is 0 Å². The zero-order valence-corrected chi connectivity index (χ0v) is 22.5. The van der Waals surface area contributed by atoms with Gasteiger partial charge < -0.3 is 9.72 Å². The summed E-state index contributed by atoms with van der Waals surface area (Å²) in [7, 11) is 1.60. The van der Waals surface area contributed by atoms with Crippen LogP contribution in [0.25, 0.3) is 12.2 Å². The smallest absolute Gasteiger partial charge is 0.274 e. The van der Waals surface area contributed by atoms with E-state index in [0.717, 1.165) is 24.8 Å². The van der Waals surface area contributed by atoms with Crippen molar-refractivity contribution < 1.29 is 4.74 Å². The number of H-pyrrole nitrogens is 1. The fourth-order valence-electron chi connectivity index (χ4n) is 4.51. The van der Waals surface area contributed by atoms with E-state index in [1.807, 2.05) is 30.3 Å². The minimum atomic E-state index is -0.282. The number of ether oxygens (including phenoxy) is 1. The molecule has 0 bridgehead atoms. The number of aromatic nitrogens is 2. The molecule has 1 heterocycles. The van der Waals surface area contributed by atoms with Crippen molar-refractivity contribution in [3.63, 3.8) is 0 Å². The van der Waals surface area contributed by atoms with E-state index in [1.165, 1.54) is 75.2 Å². The Kier molecular flexibility index (Phi) is 14.4. The molecule has 2 aromatic rings. The number of nitrogens with one attached hydrogen (secondary N) is 1. The first kappa shape index (κ1) is 29.4. The molecule has 36 heavy (non-hydrogen) atoms. The lowest BCUT2D eigenvalue weighted by Gasteiger charge is -2.05. The quantitative estimate of drug-likeness (QED) is 0.210. The van der Waals surface area contributed by atoms with Gasteiger partial charge in [0.05, 0.1) is 7.11 Å². The van der Waals surface area contributed by atoms with Gasteiger partial charge in [-0.25, -0.2) is 0 Å². The van der Waals surface area contributed by atoms with Crippen LogP contribution in [0.4, 0.5) is 0 Å². The van der Waals surface area contributed by atoms with Gasteiger partial charge in [-0.1, -0.05) is 108 Å². The predicted molar refractivity (Wildman–Crippen MR) is 152 cm³/mol. The second kappa shape index (κ2) is 17.6. The molecule has 0 atom stereocenters. The molecule has 1 aromatic carbocycles. The number of methoxy groups -OCH3 is 1. The minimum Gasteiger partial charge on any atom is -0.497 e. The van der Waals surface area contributed by atoms with Gasteiger partial charge in [-0.15, -0.1) is 6.58 Å². The largest absolute Gasteiger partial charge is 0.497 e. The number of benzene rings is 1. The second-order valence-electron chi connectivity index (χ2n) is 9.61. The van der Waals surface area contributed by atoms with Gasteiger partial charge in [0, 0.05) is 6.54 Å². The van der Waals surface area contributed by atoms with Crippen LogP contribution in [-0.4, -0.2) is 16.7 Å². The summed E-state index contributed by atoms with van der Waals surface area (Å²) in [6.45, 7) is 6.30. The first-order valence-corrected chi connectivity index (χ1v) is 13.9. The van der Waals surface area contributed by atoms with E-state index in [1.54, 1.807) is 19.3 Å². The molecular formula is C31H46N2O3. The van der Waals surface area contributed by atoms with Crippen molar-refractivity contribution in [1.82, 2.24) is 9.55 Å². The lowest BCUT2D eigenvalue weighted by molar-refractivity contribution is 0.414. The Bertz CT molecular complexity index is 1140. The fourth-order valence-corrected chi connectivity index (χ4v) is 4.51. The molecule has 0 spiro atoms. The molecule has 0 amide bonds. The third-order valence-corrected chi connectivity index (χ3v) is 6.61. The van der Waals surface area contributed by atoms with Crippen LogP contribution in [-0.2, 0) is 6.54 Å². The minimum absolute atomic E-state index is 0.196. The lowest BCUT2D eigenvalue weighted by atomic mass is 10.0. The van der Waals surface area contributed by atoms with E-state index in [2.05, 4.69) is 18.5 Å². The normalized spacial score (nSPS) is 12.3. The van der Waals surface area contributed by atoms with E-state index in [4.69, 9.17) is 4.74 Å². The maximum Gasteiger partial charge on any atom is 0.274 e. The van der Waals surface area contributed by atoms with Crippen LogP contribution in [0.1, 0.15) is 102 Å². The van der Waals surface area contributed by atoms with E-state index < -0.39 is 0 Å². The Morgan fingerprint density at radius 1 is 0.917 bits per heavy atom. The Morgan fingerprint density at radius 3 is 2.11 bits per heavy atom. The predicted octanol–water partition coefficient (Wildman–Crippen LogP) is 5.82. The van der Waals surface area contributed by atoms with Gasteiger partial charge in [-0.2, -0.15) is 0 Å². The molecular weight excluding hydrogens is 448 g/mol. The summed E-state index contributed by atoms with van der Waals surface area (Å²) in [5.41, 5.74) is 0.315. The first-order chi connectivity index (χ1) is 17.6. The molecule has 198 valence electrons. The van der Waals surface area contributed by atoms with Gasteiger partial charge in [0.1, 0.15) is 16.4 Å². The zero-order chi connectivity index (χ0) is 26.0. The van der Waals surface area contributed by atoms with Gasteiger partial charge in [-0.05, 0) is 36.6 Å². The second-order valence-corrected chi connectivity index (χ2v) is 9.61. The molecule has 1 N–H and O–H groups in total. The number of allylic oxidation sites excluding steroid dienone is 1. The van der Waals surface area contributed by atoms with E-state index in [0.29, 0.717) is 16.4 Å². The Labute approximate surface area is 216 Å². The van der Waals surface area contributed by atoms with Crippen molar-refractivity contribution >= 4 is 12.2 Å². The molecule has 0 saturated carbocycles. The molecule has 0 fully saturated rings. The fraction of sp³-hybridized carbons (Fsp3) is 0.548. The van der Waals surface area contributed by atoms with Crippen molar-refractivity contribution in [2.24, 2.45) is 0 Å². The number of rotatable bonds is 18. The highest BCUT2D eigenvalue weighted by Crippen LogP contribution is 2.13. The van der Waals surface area contributed by atoms with Crippen molar-refractivity contribution in [2.75, 3.05) is 7.11 Å². The molecule has 0 unspecified atom stereocenters. The first-order valence-electron chi connectivity index (χ1n) is 13.9. The molecule has 2 rings (SSSR count). The Balaban J connectivity index is 1.87. The van der Waals surface area contributed by atoms with Gasteiger partial charge in [0.25, 0.3) is 11.1 Å². The van der Waals surface area contributed by atoms with Crippen LogP contribution in [0.3, 0.4) is 0 Å². The highest BCUT2D eigenvalue weighted by molar-refractivity contribution is 5.50. The van der Waals surface area contributed by atoms with Gasteiger partial charge >= 0.3 is 0 Å². The summed E-state index contributed by atoms with van der Waals surface area (Å²) in [4.78, 5) is 28.7. The third-order valence-electron chi connectivity index (χ3n) is 6.61. The van der Waals surface area contributed by atoms with Gasteiger partial charge in [-0.3, -0.25) is 14.2 Å². The van der Waals surface area contributed by atoms with Crippen LogP contribution in [0.15, 0.2) is 46.5 Å². The maximum absolute atomic E-state index is 13.1. The highest BCUT2D eigenvalue weighted by atomic mass is 16.5. The average Bonchev–Trinajstić information content (AvgIpc) is 2.89. The molecule has 0 aliphatic carbocycles. The number of nitrogens with zero attached hydrogens (tertiary/aromatic N) is 1. The lowest BCUT2D eigenvalue weighted by Crippen LogP contribution is -2.53. The molecule has 0 aliphatic rings. The van der Waals surface area contributed by atoms with Crippen molar-refractivity contribution in [2.45, 2.75) is 103 Å². The molecule has 0 saturated heterocycles. The summed E-state index contributed by atoms with van der Waals surface area (Å²) < 4.78 is 6.75. The van der Waals surface area contributed by atoms with Crippen LogP contribution in [0, 0.1) is 0 Å². The molecule has 5 heteroatoms. The highest BCUT2D eigenvalue weighted by Gasteiger charge is 2.04. The van der Waals surface area contributed by atoms with Gasteiger partial charge in [0.15, 0.2) is 0 Å². The third kappa shape index (κ3) is 10.4. The molecule has 1 aromatic heterocycles. The van der Waals surface area contributed by atoms with Crippen molar-refractivity contribution in [3.8, 4) is 5.75 Å². The van der Waals surface area contributed by atoms with Crippen molar-refractivity contribution in [3.05, 3.63) is 73.9 Å². The molecule has 0 radical (unpaired) electrons. The molecule has 0 aliphatic heterocycles. The Hall–Kier alpha value is -2.82. The summed E-state index contributed by atoms with van der Waals surface area (Å²) >= 11 is 0. The number of unbranched alkanes of at least 4 members (excludes halogenated alkanes) is 13. The van der Waals surface area contributed by atoms with E-state index in [9.17, 15) is 9.59 Å². The summed E-state index contributed by atoms with van der Waals surface area (Å²) in [5.74, 6) is 0.695. The number of hydrogen-bond donors (Lipinski definition) is 1. The van der Waals surface area contributed by atoms with Gasteiger partial charge in [0.2, 0.25) is 0 Å². The summed E-state index contributed by atoms with van der Waals surface area (Å²) in [5, 5.41) is 0.676. The van der Waals surface area contributed by atoms with Crippen LogP contribution < -0.4 is 26.6 Å². The van der Waals surface area contributed by atoms with Crippen LogP contribution in [0.5, 0.6) is 5.75 Å². The van der Waals surface area contributed by atoms with E-state index in [-0.39, 0.29) is 17.7 Å². The zero-order valence-electron chi connectivity index (χ0n) is 22.5. The SMILES string of the molecule is C=CCn1c(=O)/c(=C/CCCCCCCCCCCCCCC)[nH]c(=O)/c1=C/c1cccc(OC)c1. The average molecular weight is 495 g/mol. The summed E-state index contributed by atoms with van der Waals surface area (Å²) in [6.07, 6.45) is 23.0. The number of aromatic amines is 1. The summed E-state index contributed by atoms with van der Waals surface area (Å²) in [6, 6.07) is 7.40. The standard InChI is InChI=1S/C31H46N2O3/c1-4-6-7-8-9-10-11-12-13-14-15-16-17-18-22-28-31(35)33(23-5-2)29(30(34)32-28)25-26-20-19-21-27(24-26)36-3/h5,19-22,24-25H,2,4,6-18,23H2,1,3H3,(H,32,34)/b28-22-,29-25-. The maximum atomic E-state index is 13.1. The number of hydrogen-bond acceptors (Lipinski definition) is 3. The van der Waals surface area contributed by atoms with Crippen LogP contribution >= 0.6 is 0 Å². The van der Waals surface area contributed by atoms with E-state index >= 15 is 0 Å². The Morgan fingerprint density at radius 2 is 1.53 bits per heavy atom.